The number of ether oxygens (including phenoxy) is 2. The van der Waals surface area contributed by atoms with Gasteiger partial charge in [-0.3, -0.25) is 9.59 Å². The van der Waals surface area contributed by atoms with Gasteiger partial charge in [-0.05, 0) is 30.5 Å². The number of carboxylic acids is 1. The summed E-state index contributed by atoms with van der Waals surface area (Å²) in [5, 5.41) is 11.7. The molecule has 24 heavy (non-hydrogen) atoms. The third-order valence-electron chi connectivity index (χ3n) is 3.11. The Morgan fingerprint density at radius 3 is 2.42 bits per heavy atom. The summed E-state index contributed by atoms with van der Waals surface area (Å²) < 4.78 is 10.3. The Morgan fingerprint density at radius 2 is 1.92 bits per heavy atom. The van der Waals surface area contributed by atoms with Gasteiger partial charge in [0.25, 0.3) is 11.8 Å². The quantitative estimate of drug-likeness (QED) is 0.610. The highest BCUT2D eigenvalue weighted by atomic mass is 16.5. The van der Waals surface area contributed by atoms with Gasteiger partial charge in [0.1, 0.15) is 6.04 Å². The van der Waals surface area contributed by atoms with E-state index in [1.807, 2.05) is 13.8 Å². The Morgan fingerprint density at radius 1 is 1.25 bits per heavy atom. The standard InChI is InChI=1S/C16H22N2O6/c1-9(2)6-11(16(21)22)18-15(20)10-4-5-12(13(7-10)23-3)24-8-14(17)19/h4-5,7,9,11H,6,8H2,1-3H3,(H2,17,19)(H,18,20)(H,21,22)/t11-/m0/s1. The molecule has 8 nitrogen and oxygen atoms in total. The van der Waals surface area contributed by atoms with Crippen molar-refractivity contribution in [2.24, 2.45) is 11.7 Å². The third-order valence-corrected chi connectivity index (χ3v) is 3.11. The number of carbonyl (C=O) groups is 3. The van der Waals surface area contributed by atoms with Gasteiger partial charge >= 0.3 is 5.97 Å². The number of aliphatic carboxylic acids is 1. The topological polar surface area (TPSA) is 128 Å². The van der Waals surface area contributed by atoms with Crippen LogP contribution in [0.25, 0.3) is 0 Å². The number of nitrogens with one attached hydrogen (secondary N) is 1. The molecule has 0 saturated heterocycles. The largest absolute Gasteiger partial charge is 0.493 e. The van der Waals surface area contributed by atoms with E-state index < -0.39 is 23.8 Å². The molecule has 4 N–H and O–H groups in total. The molecule has 0 aromatic heterocycles. The summed E-state index contributed by atoms with van der Waals surface area (Å²) in [5.41, 5.74) is 5.22. The SMILES string of the molecule is COc1cc(C(=O)N[C@@H](CC(C)C)C(=O)O)ccc1OCC(N)=O. The fraction of sp³-hybridized carbons (Fsp3) is 0.438. The summed E-state index contributed by atoms with van der Waals surface area (Å²) in [4.78, 5) is 34.2. The first-order valence-electron chi connectivity index (χ1n) is 7.37. The van der Waals surface area contributed by atoms with Crippen LogP contribution in [0.15, 0.2) is 18.2 Å². The van der Waals surface area contributed by atoms with Gasteiger partial charge in [-0.25, -0.2) is 4.79 Å². The van der Waals surface area contributed by atoms with Gasteiger partial charge in [0, 0.05) is 5.56 Å². The molecule has 0 aliphatic carbocycles. The van der Waals surface area contributed by atoms with Crippen molar-refractivity contribution in [3.05, 3.63) is 23.8 Å². The van der Waals surface area contributed by atoms with Crippen molar-refractivity contribution in [3.8, 4) is 11.5 Å². The van der Waals surface area contributed by atoms with Gasteiger partial charge in [-0.1, -0.05) is 13.8 Å². The number of methoxy groups -OCH3 is 1. The lowest BCUT2D eigenvalue weighted by atomic mass is 10.0. The monoisotopic (exact) mass is 338 g/mol. The van der Waals surface area contributed by atoms with Gasteiger partial charge in [0.2, 0.25) is 0 Å². The Bertz CT molecular complexity index is 615. The molecule has 0 fully saturated rings. The van der Waals surface area contributed by atoms with E-state index in [0.29, 0.717) is 6.42 Å². The van der Waals surface area contributed by atoms with Crippen molar-refractivity contribution in [1.29, 1.82) is 0 Å². The van der Waals surface area contributed by atoms with Gasteiger partial charge in [-0.2, -0.15) is 0 Å². The minimum absolute atomic E-state index is 0.116. The van der Waals surface area contributed by atoms with Crippen molar-refractivity contribution in [2.75, 3.05) is 13.7 Å². The highest BCUT2D eigenvalue weighted by Gasteiger charge is 2.22. The minimum atomic E-state index is -1.09. The van der Waals surface area contributed by atoms with E-state index in [1.54, 1.807) is 0 Å². The fourth-order valence-corrected chi connectivity index (χ4v) is 2.01. The van der Waals surface area contributed by atoms with Crippen LogP contribution >= 0.6 is 0 Å². The Kier molecular flexibility index (Phi) is 7.03. The van der Waals surface area contributed by atoms with Crippen molar-refractivity contribution in [1.82, 2.24) is 5.32 Å². The normalized spacial score (nSPS) is 11.7. The number of hydrogen-bond acceptors (Lipinski definition) is 5. The van der Waals surface area contributed by atoms with E-state index in [-0.39, 0.29) is 29.6 Å². The third kappa shape index (κ3) is 5.79. The summed E-state index contributed by atoms with van der Waals surface area (Å²) in [7, 11) is 1.38. The maximum Gasteiger partial charge on any atom is 0.326 e. The average molecular weight is 338 g/mol. The lowest BCUT2D eigenvalue weighted by molar-refractivity contribution is -0.139. The number of carboxylic acid groups (broad SMARTS) is 1. The Balaban J connectivity index is 2.90. The molecule has 2 amide bonds. The van der Waals surface area contributed by atoms with E-state index in [4.69, 9.17) is 15.2 Å². The Labute approximate surface area is 139 Å². The second-order valence-electron chi connectivity index (χ2n) is 5.61. The second kappa shape index (κ2) is 8.76. The second-order valence-corrected chi connectivity index (χ2v) is 5.61. The molecule has 1 atom stereocenters. The number of hydrogen-bond donors (Lipinski definition) is 3. The number of primary amides is 1. The van der Waals surface area contributed by atoms with E-state index in [9.17, 15) is 19.5 Å². The van der Waals surface area contributed by atoms with Crippen LogP contribution < -0.4 is 20.5 Å². The van der Waals surface area contributed by atoms with E-state index >= 15 is 0 Å². The molecule has 0 aliphatic heterocycles. The predicted molar refractivity (Wildman–Crippen MR) is 86.0 cm³/mol. The summed E-state index contributed by atoms with van der Waals surface area (Å²) in [5.74, 6) is -1.67. The number of amides is 2. The fourth-order valence-electron chi connectivity index (χ4n) is 2.01. The van der Waals surface area contributed by atoms with E-state index in [1.165, 1.54) is 25.3 Å². The van der Waals surface area contributed by atoms with Gasteiger partial charge < -0.3 is 25.6 Å². The molecule has 1 aromatic rings. The van der Waals surface area contributed by atoms with Crippen LogP contribution in [0.3, 0.4) is 0 Å². The van der Waals surface area contributed by atoms with Crippen molar-refractivity contribution in [2.45, 2.75) is 26.3 Å². The molecule has 1 aromatic carbocycles. The summed E-state index contributed by atoms with van der Waals surface area (Å²) in [6.07, 6.45) is 0.317. The minimum Gasteiger partial charge on any atom is -0.493 e. The molecule has 8 heteroatoms. The van der Waals surface area contributed by atoms with Crippen LogP contribution in [-0.4, -0.2) is 42.6 Å². The van der Waals surface area contributed by atoms with Gasteiger partial charge in [0.05, 0.1) is 7.11 Å². The first kappa shape index (κ1) is 19.3. The molecule has 0 heterocycles. The van der Waals surface area contributed by atoms with Crippen LogP contribution in [0.4, 0.5) is 0 Å². The van der Waals surface area contributed by atoms with Crippen molar-refractivity contribution < 1.29 is 29.0 Å². The molecule has 0 aliphatic rings. The van der Waals surface area contributed by atoms with Crippen molar-refractivity contribution >= 4 is 17.8 Å². The van der Waals surface area contributed by atoms with Crippen LogP contribution in [0.1, 0.15) is 30.6 Å². The molecule has 0 saturated carbocycles. The first-order valence-corrected chi connectivity index (χ1v) is 7.37. The van der Waals surface area contributed by atoms with Crippen LogP contribution in [0.2, 0.25) is 0 Å². The average Bonchev–Trinajstić information content (AvgIpc) is 2.51. The first-order chi connectivity index (χ1) is 11.2. The summed E-state index contributed by atoms with van der Waals surface area (Å²) in [6.45, 7) is 3.42. The zero-order chi connectivity index (χ0) is 18.3. The zero-order valence-electron chi connectivity index (χ0n) is 13.9. The summed E-state index contributed by atoms with van der Waals surface area (Å²) in [6, 6.07) is 3.33. The molecule has 0 unspecified atom stereocenters. The molecule has 132 valence electrons. The zero-order valence-corrected chi connectivity index (χ0v) is 13.9. The molecule has 1 rings (SSSR count). The Hall–Kier alpha value is -2.77. The highest BCUT2D eigenvalue weighted by Crippen LogP contribution is 2.28. The lowest BCUT2D eigenvalue weighted by Gasteiger charge is -2.17. The molecule has 0 spiro atoms. The number of nitrogens with two attached hydrogens (primary N) is 1. The van der Waals surface area contributed by atoms with Gasteiger partial charge in [0.15, 0.2) is 18.1 Å². The molecular weight excluding hydrogens is 316 g/mol. The highest BCUT2D eigenvalue weighted by molar-refractivity contribution is 5.97. The number of rotatable bonds is 9. The molecule has 0 bridgehead atoms. The van der Waals surface area contributed by atoms with Crippen LogP contribution in [0, 0.1) is 5.92 Å². The van der Waals surface area contributed by atoms with Crippen molar-refractivity contribution in [3.63, 3.8) is 0 Å². The maximum atomic E-state index is 12.2. The predicted octanol–water partition coefficient (Wildman–Crippen LogP) is 0.788. The maximum absolute atomic E-state index is 12.2. The van der Waals surface area contributed by atoms with Crippen LogP contribution in [0.5, 0.6) is 11.5 Å². The van der Waals surface area contributed by atoms with Crippen LogP contribution in [-0.2, 0) is 9.59 Å². The summed E-state index contributed by atoms with van der Waals surface area (Å²) >= 11 is 0. The lowest BCUT2D eigenvalue weighted by Crippen LogP contribution is -2.41. The number of carbonyl (C=O) groups excluding carboxylic acids is 2. The van der Waals surface area contributed by atoms with Gasteiger partial charge in [-0.15, -0.1) is 0 Å². The van der Waals surface area contributed by atoms with E-state index in [0.717, 1.165) is 0 Å². The number of benzene rings is 1. The smallest absolute Gasteiger partial charge is 0.326 e. The molecule has 0 radical (unpaired) electrons. The molecular formula is C16H22N2O6. The van der Waals surface area contributed by atoms with E-state index in [2.05, 4.69) is 5.32 Å².